The lowest BCUT2D eigenvalue weighted by Gasteiger charge is -2.07. The molecule has 0 fully saturated rings. The molecule has 0 saturated carbocycles. The Balaban J connectivity index is 2.10. The lowest BCUT2D eigenvalue weighted by molar-refractivity contribution is 0.484. The zero-order valence-corrected chi connectivity index (χ0v) is 12.6. The summed E-state index contributed by atoms with van der Waals surface area (Å²) in [7, 11) is 0. The minimum Gasteiger partial charge on any atom is -0.406 e. The van der Waals surface area contributed by atoms with Crippen molar-refractivity contribution in [3.8, 4) is 0 Å². The van der Waals surface area contributed by atoms with E-state index < -0.39 is 0 Å². The largest absolute Gasteiger partial charge is 0.406 e. The maximum Gasteiger partial charge on any atom is 0.320 e. The first-order chi connectivity index (χ1) is 9.22. The monoisotopic (exact) mass is 324 g/mol. The van der Waals surface area contributed by atoms with Crippen LogP contribution in [-0.2, 0) is 13.0 Å². The van der Waals surface area contributed by atoms with Crippen LogP contribution >= 0.6 is 15.9 Å². The fraction of sp³-hybridized carbons (Fsp3) is 0.385. The van der Waals surface area contributed by atoms with Crippen LogP contribution in [0.4, 0.5) is 11.7 Å². The van der Waals surface area contributed by atoms with Crippen LogP contribution in [0.3, 0.4) is 0 Å². The summed E-state index contributed by atoms with van der Waals surface area (Å²) in [4.78, 5) is 0. The molecule has 5 nitrogen and oxygen atoms in total. The molecule has 6 heteroatoms. The van der Waals surface area contributed by atoms with E-state index in [1.165, 1.54) is 5.56 Å². The van der Waals surface area contributed by atoms with Crippen LogP contribution in [-0.4, -0.2) is 16.7 Å². The second kappa shape index (κ2) is 6.68. The van der Waals surface area contributed by atoms with Crippen molar-refractivity contribution in [1.82, 2.24) is 15.5 Å². The third-order valence-corrected chi connectivity index (χ3v) is 3.18. The Morgan fingerprint density at radius 1 is 1.26 bits per heavy atom. The van der Waals surface area contributed by atoms with Crippen molar-refractivity contribution >= 4 is 27.6 Å². The molecule has 0 unspecified atom stereocenters. The minimum absolute atomic E-state index is 0.421. The van der Waals surface area contributed by atoms with E-state index in [1.54, 1.807) is 0 Å². The van der Waals surface area contributed by atoms with Gasteiger partial charge in [-0.05, 0) is 36.7 Å². The number of rotatable bonds is 6. The van der Waals surface area contributed by atoms with Gasteiger partial charge in [0.2, 0.25) is 5.89 Å². The van der Waals surface area contributed by atoms with Crippen LogP contribution in [0, 0.1) is 0 Å². The van der Waals surface area contributed by atoms with Gasteiger partial charge in [0.25, 0.3) is 0 Å². The molecule has 0 saturated heterocycles. The van der Waals surface area contributed by atoms with Crippen LogP contribution < -0.4 is 10.6 Å². The predicted octanol–water partition coefficient (Wildman–Crippen LogP) is 3.25. The second-order valence-corrected chi connectivity index (χ2v) is 4.98. The number of hydrogen-bond acceptors (Lipinski definition) is 5. The maximum absolute atomic E-state index is 5.51. The first-order valence-electron chi connectivity index (χ1n) is 6.31. The molecule has 19 heavy (non-hydrogen) atoms. The first-order valence-corrected chi connectivity index (χ1v) is 7.10. The molecule has 1 aromatic heterocycles. The highest BCUT2D eigenvalue weighted by Crippen LogP contribution is 2.24. The summed E-state index contributed by atoms with van der Waals surface area (Å²) >= 11 is 3.47. The van der Waals surface area contributed by atoms with E-state index in [-0.39, 0.29) is 0 Å². The zero-order chi connectivity index (χ0) is 13.7. The topological polar surface area (TPSA) is 63.0 Å². The fourth-order valence-electron chi connectivity index (χ4n) is 1.70. The number of aryl methyl sites for hydroxylation is 1. The lowest BCUT2D eigenvalue weighted by atomic mass is 10.1. The van der Waals surface area contributed by atoms with Crippen molar-refractivity contribution in [2.24, 2.45) is 0 Å². The highest BCUT2D eigenvalue weighted by atomic mass is 79.9. The molecule has 0 amide bonds. The Hall–Kier alpha value is -1.40. The third kappa shape index (κ3) is 3.78. The molecule has 1 heterocycles. The number of hydrogen-bond donors (Lipinski definition) is 2. The van der Waals surface area contributed by atoms with Gasteiger partial charge in [0, 0.05) is 10.2 Å². The molecule has 2 aromatic rings. The fourth-order valence-corrected chi connectivity index (χ4v) is 2.11. The van der Waals surface area contributed by atoms with E-state index in [1.807, 2.05) is 19.1 Å². The normalized spacial score (nSPS) is 10.7. The number of halogens is 1. The third-order valence-electron chi connectivity index (χ3n) is 2.68. The van der Waals surface area contributed by atoms with Crippen LogP contribution in [0.1, 0.15) is 25.3 Å². The Morgan fingerprint density at radius 3 is 2.84 bits per heavy atom. The molecule has 0 aliphatic carbocycles. The lowest BCUT2D eigenvalue weighted by Crippen LogP contribution is -2.11. The molecular formula is C13H17BrN4O. The summed E-state index contributed by atoms with van der Waals surface area (Å²) in [6.45, 7) is 5.60. The van der Waals surface area contributed by atoms with Gasteiger partial charge in [-0.3, -0.25) is 0 Å². The summed E-state index contributed by atoms with van der Waals surface area (Å²) in [5.74, 6) is 0.583. The summed E-state index contributed by atoms with van der Waals surface area (Å²) in [6.07, 6.45) is 0.931. The molecule has 0 atom stereocenters. The molecule has 0 radical (unpaired) electrons. The van der Waals surface area contributed by atoms with Crippen molar-refractivity contribution in [2.45, 2.75) is 26.8 Å². The van der Waals surface area contributed by atoms with Gasteiger partial charge in [0.15, 0.2) is 0 Å². The second-order valence-electron chi connectivity index (χ2n) is 4.06. The Bertz CT molecular complexity index is 541. The molecule has 2 rings (SSSR count). The maximum atomic E-state index is 5.51. The van der Waals surface area contributed by atoms with Gasteiger partial charge in [0.05, 0.1) is 6.54 Å². The van der Waals surface area contributed by atoms with Gasteiger partial charge in [-0.1, -0.05) is 34.9 Å². The van der Waals surface area contributed by atoms with Gasteiger partial charge in [-0.2, -0.15) is 0 Å². The van der Waals surface area contributed by atoms with Crippen LogP contribution in [0.2, 0.25) is 0 Å². The van der Waals surface area contributed by atoms with E-state index in [0.29, 0.717) is 18.5 Å². The summed E-state index contributed by atoms with van der Waals surface area (Å²) < 4.78 is 6.58. The van der Waals surface area contributed by atoms with Gasteiger partial charge < -0.3 is 15.1 Å². The van der Waals surface area contributed by atoms with E-state index in [0.717, 1.165) is 23.1 Å². The Kier molecular flexibility index (Phi) is 4.93. The summed E-state index contributed by atoms with van der Waals surface area (Å²) in [6, 6.07) is 6.48. The molecule has 2 N–H and O–H groups in total. The Morgan fingerprint density at radius 2 is 2.11 bits per heavy atom. The SMILES string of the molecule is CCNCc1nnc(Nc2ccc(Br)cc2CC)o1. The van der Waals surface area contributed by atoms with Crippen molar-refractivity contribution in [2.75, 3.05) is 11.9 Å². The highest BCUT2D eigenvalue weighted by molar-refractivity contribution is 9.10. The average molecular weight is 325 g/mol. The molecule has 0 bridgehead atoms. The van der Waals surface area contributed by atoms with Gasteiger partial charge in [-0.25, -0.2) is 0 Å². The standard InChI is InChI=1S/C13H17BrN4O/c1-3-9-7-10(14)5-6-11(9)16-13-18-17-12(19-13)8-15-4-2/h5-7,15H,3-4,8H2,1-2H3,(H,16,18). The van der Waals surface area contributed by atoms with E-state index in [4.69, 9.17) is 4.42 Å². The van der Waals surface area contributed by atoms with Gasteiger partial charge in [-0.15, -0.1) is 5.10 Å². The number of aromatic nitrogens is 2. The number of benzene rings is 1. The number of nitrogens with zero attached hydrogens (tertiary/aromatic N) is 2. The number of nitrogens with one attached hydrogen (secondary N) is 2. The number of anilines is 2. The minimum atomic E-state index is 0.421. The van der Waals surface area contributed by atoms with Gasteiger partial charge >= 0.3 is 6.01 Å². The average Bonchev–Trinajstić information content (AvgIpc) is 2.86. The molecule has 0 spiro atoms. The quantitative estimate of drug-likeness (QED) is 0.854. The van der Waals surface area contributed by atoms with E-state index in [9.17, 15) is 0 Å². The summed E-state index contributed by atoms with van der Waals surface area (Å²) in [5, 5.41) is 14.3. The molecule has 1 aromatic carbocycles. The summed E-state index contributed by atoms with van der Waals surface area (Å²) in [5.41, 5.74) is 2.19. The molecule has 102 valence electrons. The van der Waals surface area contributed by atoms with Crippen molar-refractivity contribution in [3.63, 3.8) is 0 Å². The molecule has 0 aliphatic rings. The van der Waals surface area contributed by atoms with Crippen molar-refractivity contribution in [1.29, 1.82) is 0 Å². The van der Waals surface area contributed by atoms with Crippen LogP contribution in [0.25, 0.3) is 0 Å². The zero-order valence-electron chi connectivity index (χ0n) is 11.0. The predicted molar refractivity (Wildman–Crippen MR) is 78.5 cm³/mol. The van der Waals surface area contributed by atoms with Crippen LogP contribution in [0.15, 0.2) is 27.1 Å². The molecule has 0 aliphatic heterocycles. The smallest absolute Gasteiger partial charge is 0.320 e. The first kappa shape index (κ1) is 14.0. The van der Waals surface area contributed by atoms with Crippen molar-refractivity contribution < 1.29 is 4.42 Å². The van der Waals surface area contributed by atoms with Crippen LogP contribution in [0.5, 0.6) is 0 Å². The molecular weight excluding hydrogens is 308 g/mol. The van der Waals surface area contributed by atoms with E-state index >= 15 is 0 Å². The van der Waals surface area contributed by atoms with E-state index in [2.05, 4.69) is 49.8 Å². The Labute approximate surface area is 120 Å². The van der Waals surface area contributed by atoms with Gasteiger partial charge in [0.1, 0.15) is 0 Å². The highest BCUT2D eigenvalue weighted by Gasteiger charge is 2.08. The van der Waals surface area contributed by atoms with Crippen molar-refractivity contribution in [3.05, 3.63) is 34.1 Å².